The normalized spacial score (nSPS) is 22.5. The Morgan fingerprint density at radius 3 is 2.56 bits per heavy atom. The summed E-state index contributed by atoms with van der Waals surface area (Å²) in [7, 11) is 0. The third-order valence-corrected chi connectivity index (χ3v) is 3.58. The van der Waals surface area contributed by atoms with Crippen LogP contribution in [0.25, 0.3) is 0 Å². The molecule has 3 nitrogen and oxygen atoms in total. The molecule has 0 fully saturated rings. The molecule has 0 bridgehead atoms. The van der Waals surface area contributed by atoms with E-state index in [1.165, 1.54) is 5.69 Å². The van der Waals surface area contributed by atoms with E-state index in [1.807, 2.05) is 12.1 Å². The molecule has 1 atom stereocenters. The number of anilines is 1. The van der Waals surface area contributed by atoms with Gasteiger partial charge in [-0.15, -0.1) is 0 Å². The van der Waals surface area contributed by atoms with Crippen LogP contribution in [0.2, 0.25) is 5.02 Å². The Labute approximate surface area is 114 Å². The molecule has 1 unspecified atom stereocenters. The first-order valence-corrected chi connectivity index (χ1v) is 6.63. The van der Waals surface area contributed by atoms with E-state index >= 15 is 0 Å². The molecule has 3 N–H and O–H groups in total. The maximum Gasteiger partial charge on any atom is 0.0926 e. The van der Waals surface area contributed by atoms with Gasteiger partial charge in [-0.3, -0.25) is 0 Å². The number of rotatable bonds is 4. The van der Waals surface area contributed by atoms with E-state index < -0.39 is 0 Å². The van der Waals surface area contributed by atoms with Gasteiger partial charge in [-0.25, -0.2) is 0 Å². The van der Waals surface area contributed by atoms with Crippen molar-refractivity contribution in [3.05, 3.63) is 41.2 Å². The quantitative estimate of drug-likeness (QED) is 0.879. The molecule has 1 aromatic carbocycles. The van der Waals surface area contributed by atoms with Gasteiger partial charge in [0.15, 0.2) is 0 Å². The predicted octanol–water partition coefficient (Wildman–Crippen LogP) is 2.58. The van der Waals surface area contributed by atoms with Crippen molar-refractivity contribution in [1.82, 2.24) is 5.32 Å². The molecule has 1 aliphatic rings. The van der Waals surface area contributed by atoms with Gasteiger partial charge in [-0.2, -0.15) is 0 Å². The molecule has 0 spiro atoms. The highest BCUT2D eigenvalue weighted by molar-refractivity contribution is 6.30. The van der Waals surface area contributed by atoms with Gasteiger partial charge in [0.2, 0.25) is 0 Å². The largest absolute Gasteiger partial charge is 0.386 e. The first-order valence-electron chi connectivity index (χ1n) is 6.25. The molecular weight excluding hydrogens is 246 g/mol. The van der Waals surface area contributed by atoms with Gasteiger partial charge in [-0.05, 0) is 37.3 Å². The molecule has 1 aliphatic heterocycles. The molecule has 0 aromatic heterocycles. The monoisotopic (exact) mass is 265 g/mol. The van der Waals surface area contributed by atoms with Gasteiger partial charge >= 0.3 is 0 Å². The molecule has 98 valence electrons. The third kappa shape index (κ3) is 2.91. The summed E-state index contributed by atoms with van der Waals surface area (Å²) in [6.07, 6.45) is 2.12. The molecule has 0 amide bonds. The molecule has 0 aliphatic carbocycles. The van der Waals surface area contributed by atoms with Crippen LogP contribution in [0, 0.1) is 5.41 Å². The summed E-state index contributed by atoms with van der Waals surface area (Å²) < 4.78 is 0. The second-order valence-corrected chi connectivity index (χ2v) is 5.53. The Balaban J connectivity index is 2.13. The van der Waals surface area contributed by atoms with Crippen LogP contribution in [0.15, 0.2) is 36.2 Å². The summed E-state index contributed by atoms with van der Waals surface area (Å²) in [5.74, 6) is 0.782. The number of hydrogen-bond donors (Lipinski definition) is 2. The van der Waals surface area contributed by atoms with E-state index in [0.717, 1.165) is 30.5 Å². The molecule has 0 radical (unpaired) electrons. The summed E-state index contributed by atoms with van der Waals surface area (Å²) in [6, 6.07) is 7.98. The number of nitrogens with one attached hydrogen (secondary N) is 1. The predicted molar refractivity (Wildman–Crippen MR) is 77.7 cm³/mol. The molecule has 1 heterocycles. The minimum atomic E-state index is 0.0831. The zero-order valence-corrected chi connectivity index (χ0v) is 11.7. The summed E-state index contributed by atoms with van der Waals surface area (Å²) in [5, 5.41) is 3.96. The number of benzene rings is 1. The van der Waals surface area contributed by atoms with Crippen molar-refractivity contribution in [2.75, 3.05) is 24.5 Å². The molecule has 0 saturated carbocycles. The van der Waals surface area contributed by atoms with Crippen LogP contribution in [-0.4, -0.2) is 19.6 Å². The zero-order valence-electron chi connectivity index (χ0n) is 10.9. The fraction of sp³-hybridized carbons (Fsp3) is 0.429. The fourth-order valence-corrected chi connectivity index (χ4v) is 2.48. The van der Waals surface area contributed by atoms with Crippen molar-refractivity contribution in [2.45, 2.75) is 13.8 Å². The topological polar surface area (TPSA) is 41.3 Å². The smallest absolute Gasteiger partial charge is 0.0926 e. The maximum atomic E-state index is 5.92. The number of hydrogen-bond acceptors (Lipinski definition) is 3. The van der Waals surface area contributed by atoms with Crippen molar-refractivity contribution in [1.29, 1.82) is 0 Å². The van der Waals surface area contributed by atoms with Crippen molar-refractivity contribution in [3.8, 4) is 0 Å². The number of nitrogens with zero attached hydrogens (tertiary/aromatic N) is 1. The van der Waals surface area contributed by atoms with Crippen LogP contribution in [0.4, 0.5) is 5.69 Å². The van der Waals surface area contributed by atoms with Crippen molar-refractivity contribution < 1.29 is 0 Å². The van der Waals surface area contributed by atoms with Gasteiger partial charge in [0.1, 0.15) is 0 Å². The molecule has 1 aromatic rings. The lowest BCUT2D eigenvalue weighted by molar-refractivity contribution is 0.439. The van der Waals surface area contributed by atoms with Gasteiger partial charge in [0.25, 0.3) is 0 Å². The Morgan fingerprint density at radius 1 is 1.39 bits per heavy atom. The second-order valence-electron chi connectivity index (χ2n) is 5.10. The first kappa shape index (κ1) is 13.1. The van der Waals surface area contributed by atoms with E-state index in [0.29, 0.717) is 0 Å². The van der Waals surface area contributed by atoms with Crippen LogP contribution in [-0.2, 0) is 0 Å². The van der Waals surface area contributed by atoms with Gasteiger partial charge in [0.05, 0.1) is 5.82 Å². The molecule has 2 rings (SSSR count). The summed E-state index contributed by atoms with van der Waals surface area (Å²) in [5.41, 5.74) is 7.08. The molecule has 4 heteroatoms. The van der Waals surface area contributed by atoms with Crippen LogP contribution < -0.4 is 16.0 Å². The average molecular weight is 266 g/mol. The van der Waals surface area contributed by atoms with E-state index in [2.05, 4.69) is 42.3 Å². The first-order chi connectivity index (χ1) is 8.52. The van der Waals surface area contributed by atoms with Gasteiger partial charge in [0, 0.05) is 35.8 Å². The van der Waals surface area contributed by atoms with Crippen LogP contribution in [0.5, 0.6) is 0 Å². The second kappa shape index (κ2) is 5.11. The van der Waals surface area contributed by atoms with Gasteiger partial charge in [-0.1, -0.05) is 18.5 Å². The lowest BCUT2D eigenvalue weighted by atomic mass is 9.91. The SMILES string of the molecule is CCN(CC1(C)C=C(N)NC1)c1ccc(Cl)cc1. The molecule has 18 heavy (non-hydrogen) atoms. The number of nitrogens with two attached hydrogens (primary N) is 1. The van der Waals surface area contributed by atoms with Crippen molar-refractivity contribution in [3.63, 3.8) is 0 Å². The average Bonchev–Trinajstić information content (AvgIpc) is 2.68. The van der Waals surface area contributed by atoms with Gasteiger partial charge < -0.3 is 16.0 Å². The van der Waals surface area contributed by atoms with E-state index in [1.54, 1.807) is 0 Å². The van der Waals surface area contributed by atoms with E-state index in [4.69, 9.17) is 17.3 Å². The van der Waals surface area contributed by atoms with Crippen LogP contribution >= 0.6 is 11.6 Å². The minimum Gasteiger partial charge on any atom is -0.386 e. The van der Waals surface area contributed by atoms with Crippen LogP contribution in [0.1, 0.15) is 13.8 Å². The lowest BCUT2D eigenvalue weighted by Crippen LogP contribution is -2.37. The Bertz CT molecular complexity index is 441. The fourth-order valence-electron chi connectivity index (χ4n) is 2.36. The maximum absolute atomic E-state index is 5.92. The van der Waals surface area contributed by atoms with Crippen molar-refractivity contribution >= 4 is 17.3 Å². The van der Waals surface area contributed by atoms with Crippen molar-refractivity contribution in [2.24, 2.45) is 11.1 Å². The Morgan fingerprint density at radius 2 is 2.06 bits per heavy atom. The summed E-state index contributed by atoms with van der Waals surface area (Å²) >= 11 is 5.92. The minimum absolute atomic E-state index is 0.0831. The lowest BCUT2D eigenvalue weighted by Gasteiger charge is -2.31. The Hall–Kier alpha value is -1.35. The number of halogens is 1. The standard InChI is InChI=1S/C14H20ClN3/c1-3-18(12-6-4-11(15)5-7-12)10-14(2)8-13(16)17-9-14/h4-8,17H,3,9-10,16H2,1-2H3. The highest BCUT2D eigenvalue weighted by Gasteiger charge is 2.29. The highest BCUT2D eigenvalue weighted by Crippen LogP contribution is 2.27. The highest BCUT2D eigenvalue weighted by atomic mass is 35.5. The zero-order chi connectivity index (χ0) is 13.2. The Kier molecular flexibility index (Phi) is 3.71. The van der Waals surface area contributed by atoms with E-state index in [9.17, 15) is 0 Å². The third-order valence-electron chi connectivity index (χ3n) is 3.33. The summed E-state index contributed by atoms with van der Waals surface area (Å²) in [4.78, 5) is 2.34. The van der Waals surface area contributed by atoms with E-state index in [-0.39, 0.29) is 5.41 Å². The van der Waals surface area contributed by atoms with Crippen LogP contribution in [0.3, 0.4) is 0 Å². The molecule has 0 saturated heterocycles. The summed E-state index contributed by atoms with van der Waals surface area (Å²) in [6.45, 7) is 7.18. The molecular formula is C14H20ClN3.